The molecule has 1 amide bonds. The van der Waals surface area contributed by atoms with Gasteiger partial charge >= 0.3 is 0 Å². The van der Waals surface area contributed by atoms with Gasteiger partial charge in [-0.1, -0.05) is 30.3 Å². The van der Waals surface area contributed by atoms with E-state index in [4.69, 9.17) is 0 Å². The summed E-state index contributed by atoms with van der Waals surface area (Å²) in [6.07, 6.45) is 2.87. The minimum atomic E-state index is -3.46. The third-order valence-electron chi connectivity index (χ3n) is 4.80. The van der Waals surface area contributed by atoms with Crippen LogP contribution in [-0.2, 0) is 14.8 Å². The number of sulfonamides is 1. The number of H-pyrrole nitrogens is 1. The summed E-state index contributed by atoms with van der Waals surface area (Å²) < 4.78 is 26.9. The second-order valence-corrected chi connectivity index (χ2v) is 9.79. The van der Waals surface area contributed by atoms with Gasteiger partial charge in [-0.2, -0.15) is 4.31 Å². The molecule has 152 valence electrons. The molecule has 0 bridgehead atoms. The number of aromatic nitrogens is 2. The summed E-state index contributed by atoms with van der Waals surface area (Å²) >= 11 is 1.32. The Morgan fingerprint density at radius 1 is 1.07 bits per heavy atom. The summed E-state index contributed by atoms with van der Waals surface area (Å²) in [6, 6.07) is 14.0. The van der Waals surface area contributed by atoms with E-state index in [1.807, 2.05) is 24.3 Å². The van der Waals surface area contributed by atoms with Crippen molar-refractivity contribution < 1.29 is 13.2 Å². The molecule has 0 atom stereocenters. The SMILES string of the molecule is O=C(CSc1nc2ccccc2[nH]1)Nc1ccc(S(=O)(=O)N2CCCCC2)cc1. The molecule has 0 radical (unpaired) electrons. The minimum absolute atomic E-state index is 0.179. The van der Waals surface area contributed by atoms with Crippen molar-refractivity contribution >= 4 is 44.4 Å². The van der Waals surface area contributed by atoms with E-state index in [0.717, 1.165) is 30.3 Å². The topological polar surface area (TPSA) is 95.2 Å². The lowest BCUT2D eigenvalue weighted by Crippen LogP contribution is -2.35. The number of anilines is 1. The van der Waals surface area contributed by atoms with Crippen molar-refractivity contribution in [3.63, 3.8) is 0 Å². The molecule has 0 saturated carbocycles. The Morgan fingerprint density at radius 3 is 2.52 bits per heavy atom. The smallest absolute Gasteiger partial charge is 0.243 e. The van der Waals surface area contributed by atoms with Crippen LogP contribution in [0.5, 0.6) is 0 Å². The molecular formula is C20H22N4O3S2. The molecule has 0 unspecified atom stereocenters. The highest BCUT2D eigenvalue weighted by Crippen LogP contribution is 2.23. The minimum Gasteiger partial charge on any atom is -0.333 e. The van der Waals surface area contributed by atoms with Crippen molar-refractivity contribution in [3.05, 3.63) is 48.5 Å². The fraction of sp³-hybridized carbons (Fsp3) is 0.300. The summed E-state index contributed by atoms with van der Waals surface area (Å²) in [6.45, 7) is 1.14. The lowest BCUT2D eigenvalue weighted by Gasteiger charge is -2.25. The average molecular weight is 431 g/mol. The molecule has 1 aliphatic rings. The maximum Gasteiger partial charge on any atom is 0.243 e. The highest BCUT2D eigenvalue weighted by Gasteiger charge is 2.25. The number of imidazole rings is 1. The van der Waals surface area contributed by atoms with Gasteiger partial charge in [0.1, 0.15) is 0 Å². The predicted octanol–water partition coefficient (Wildman–Crippen LogP) is 3.47. The Labute approximate surface area is 174 Å². The normalized spacial score (nSPS) is 15.4. The fourth-order valence-electron chi connectivity index (χ4n) is 3.29. The zero-order valence-electron chi connectivity index (χ0n) is 15.8. The van der Waals surface area contributed by atoms with E-state index in [9.17, 15) is 13.2 Å². The number of hydrogen-bond donors (Lipinski definition) is 2. The zero-order valence-corrected chi connectivity index (χ0v) is 17.4. The maximum atomic E-state index is 12.7. The molecule has 9 heteroatoms. The van der Waals surface area contributed by atoms with Crippen LogP contribution in [0.1, 0.15) is 19.3 Å². The van der Waals surface area contributed by atoms with E-state index in [1.54, 1.807) is 24.3 Å². The quantitative estimate of drug-likeness (QED) is 0.584. The van der Waals surface area contributed by atoms with Crippen LogP contribution in [0.15, 0.2) is 58.6 Å². The molecule has 2 heterocycles. The van der Waals surface area contributed by atoms with Gasteiger partial charge in [-0.25, -0.2) is 13.4 Å². The molecular weight excluding hydrogens is 408 g/mol. The van der Waals surface area contributed by atoms with E-state index in [0.29, 0.717) is 23.9 Å². The number of nitrogens with zero attached hydrogens (tertiary/aromatic N) is 2. The number of carbonyl (C=O) groups excluding carboxylic acids is 1. The fourth-order valence-corrected chi connectivity index (χ4v) is 5.50. The van der Waals surface area contributed by atoms with Gasteiger partial charge < -0.3 is 10.3 Å². The molecule has 2 aromatic carbocycles. The van der Waals surface area contributed by atoms with Crippen molar-refractivity contribution in [1.29, 1.82) is 0 Å². The summed E-state index contributed by atoms with van der Waals surface area (Å²) in [5.74, 6) is 0.0234. The van der Waals surface area contributed by atoms with Crippen LogP contribution in [0, 0.1) is 0 Å². The van der Waals surface area contributed by atoms with Crippen LogP contribution in [0.25, 0.3) is 11.0 Å². The summed E-state index contributed by atoms with van der Waals surface area (Å²) in [4.78, 5) is 20.1. The van der Waals surface area contributed by atoms with E-state index in [2.05, 4.69) is 15.3 Å². The number of thioether (sulfide) groups is 1. The third-order valence-corrected chi connectivity index (χ3v) is 7.58. The number of carbonyl (C=O) groups is 1. The molecule has 29 heavy (non-hydrogen) atoms. The van der Waals surface area contributed by atoms with Crippen LogP contribution in [0.2, 0.25) is 0 Å². The molecule has 1 aliphatic heterocycles. The number of aromatic amines is 1. The van der Waals surface area contributed by atoms with Crippen LogP contribution >= 0.6 is 11.8 Å². The number of para-hydroxylation sites is 2. The highest BCUT2D eigenvalue weighted by molar-refractivity contribution is 7.99. The molecule has 2 N–H and O–H groups in total. The van der Waals surface area contributed by atoms with Crippen LogP contribution in [0.4, 0.5) is 5.69 Å². The molecule has 1 fully saturated rings. The predicted molar refractivity (Wildman–Crippen MR) is 114 cm³/mol. The molecule has 1 saturated heterocycles. The van der Waals surface area contributed by atoms with Crippen molar-refractivity contribution in [2.45, 2.75) is 29.3 Å². The third kappa shape index (κ3) is 4.63. The van der Waals surface area contributed by atoms with Gasteiger partial charge in [-0.05, 0) is 49.2 Å². The van der Waals surface area contributed by atoms with Crippen molar-refractivity contribution in [2.75, 3.05) is 24.2 Å². The first-order chi connectivity index (χ1) is 14.0. The molecule has 4 rings (SSSR count). The van der Waals surface area contributed by atoms with E-state index < -0.39 is 10.0 Å². The van der Waals surface area contributed by atoms with Crippen molar-refractivity contribution in [3.8, 4) is 0 Å². The van der Waals surface area contributed by atoms with Gasteiger partial charge in [-0.15, -0.1) is 0 Å². The van der Waals surface area contributed by atoms with Crippen molar-refractivity contribution in [1.82, 2.24) is 14.3 Å². The van der Waals surface area contributed by atoms with Gasteiger partial charge in [0.2, 0.25) is 15.9 Å². The van der Waals surface area contributed by atoms with Crippen LogP contribution in [-0.4, -0.2) is 47.4 Å². The number of rotatable bonds is 6. The van der Waals surface area contributed by atoms with Crippen molar-refractivity contribution in [2.24, 2.45) is 0 Å². The highest BCUT2D eigenvalue weighted by atomic mass is 32.2. The number of hydrogen-bond acceptors (Lipinski definition) is 5. The largest absolute Gasteiger partial charge is 0.333 e. The van der Waals surface area contributed by atoms with E-state index >= 15 is 0 Å². The Bertz CT molecular complexity index is 1070. The van der Waals surface area contributed by atoms with Gasteiger partial charge in [0.05, 0.1) is 21.7 Å². The molecule has 3 aromatic rings. The second-order valence-electron chi connectivity index (χ2n) is 6.89. The molecule has 7 nitrogen and oxygen atoms in total. The number of benzene rings is 2. The summed E-state index contributed by atoms with van der Waals surface area (Å²) in [5.41, 5.74) is 2.36. The van der Waals surface area contributed by atoms with E-state index in [1.165, 1.54) is 16.1 Å². The molecule has 0 spiro atoms. The Kier molecular flexibility index (Phi) is 5.89. The number of piperidine rings is 1. The van der Waals surface area contributed by atoms with Gasteiger partial charge in [-0.3, -0.25) is 4.79 Å². The maximum absolute atomic E-state index is 12.7. The first-order valence-corrected chi connectivity index (χ1v) is 11.9. The van der Waals surface area contributed by atoms with Crippen LogP contribution < -0.4 is 5.32 Å². The monoisotopic (exact) mass is 430 g/mol. The Balaban J connectivity index is 1.35. The van der Waals surface area contributed by atoms with Crippen LogP contribution in [0.3, 0.4) is 0 Å². The second kappa shape index (κ2) is 8.56. The molecule has 1 aromatic heterocycles. The lowest BCUT2D eigenvalue weighted by atomic mass is 10.2. The standard InChI is InChI=1S/C20H22N4O3S2/c25-19(14-28-20-22-17-6-2-3-7-18(17)23-20)21-15-8-10-16(11-9-15)29(26,27)24-12-4-1-5-13-24/h2-3,6-11H,1,4-5,12-14H2,(H,21,25)(H,22,23). The number of nitrogens with one attached hydrogen (secondary N) is 2. The van der Waals surface area contributed by atoms with Gasteiger partial charge in [0.25, 0.3) is 0 Å². The van der Waals surface area contributed by atoms with Gasteiger partial charge in [0, 0.05) is 18.8 Å². The average Bonchev–Trinajstić information content (AvgIpc) is 3.16. The van der Waals surface area contributed by atoms with Gasteiger partial charge in [0.15, 0.2) is 5.16 Å². The zero-order chi connectivity index (χ0) is 20.3. The number of fused-ring (bicyclic) bond motifs is 1. The lowest BCUT2D eigenvalue weighted by molar-refractivity contribution is -0.113. The Hall–Kier alpha value is -2.36. The summed E-state index contributed by atoms with van der Waals surface area (Å²) in [7, 11) is -3.46. The molecule has 0 aliphatic carbocycles. The summed E-state index contributed by atoms with van der Waals surface area (Å²) in [5, 5.41) is 3.48. The first-order valence-electron chi connectivity index (χ1n) is 9.50. The number of amides is 1. The Morgan fingerprint density at radius 2 is 1.79 bits per heavy atom. The van der Waals surface area contributed by atoms with E-state index in [-0.39, 0.29) is 16.6 Å². The first kappa shape index (κ1) is 19.9.